The molecule has 0 unspecified atom stereocenters. The van der Waals surface area contributed by atoms with Gasteiger partial charge in [-0.05, 0) is 36.4 Å². The van der Waals surface area contributed by atoms with Crippen LogP contribution in [0.1, 0.15) is 21.9 Å². The summed E-state index contributed by atoms with van der Waals surface area (Å²) in [5.41, 5.74) is 0.931. The number of amides is 1. The normalized spacial score (nSPS) is 10.5. The Bertz CT molecular complexity index is 922. The van der Waals surface area contributed by atoms with Crippen molar-refractivity contribution in [3.05, 3.63) is 82.2 Å². The molecule has 5 nitrogen and oxygen atoms in total. The van der Waals surface area contributed by atoms with Crippen LogP contribution in [0.4, 0.5) is 0 Å². The lowest BCUT2D eigenvalue weighted by molar-refractivity contribution is 0.0748. The van der Waals surface area contributed by atoms with Gasteiger partial charge in [-0.15, -0.1) is 0 Å². The van der Waals surface area contributed by atoms with Crippen molar-refractivity contribution in [2.45, 2.75) is 13.2 Å². The molecule has 0 N–H and O–H groups in total. The van der Waals surface area contributed by atoms with Crippen LogP contribution in [0.15, 0.2) is 69.6 Å². The van der Waals surface area contributed by atoms with E-state index in [1.165, 1.54) is 0 Å². The van der Waals surface area contributed by atoms with E-state index in [2.05, 4.69) is 15.9 Å². The zero-order valence-corrected chi connectivity index (χ0v) is 16.7. The van der Waals surface area contributed by atoms with Gasteiger partial charge in [0.15, 0.2) is 5.76 Å². The highest BCUT2D eigenvalue weighted by molar-refractivity contribution is 9.10. The van der Waals surface area contributed by atoms with Gasteiger partial charge < -0.3 is 18.8 Å². The van der Waals surface area contributed by atoms with E-state index >= 15 is 0 Å². The standard InChI is InChI=1S/C21H20BrNO4/c1-23(13-15-6-3-4-9-19(15)25-2)21(24)20-11-10-18(27-20)14-26-17-8-5-7-16(22)12-17/h3-12H,13-14H2,1-2H3. The average Bonchev–Trinajstić information content (AvgIpc) is 3.15. The zero-order chi connectivity index (χ0) is 19.2. The first-order valence-electron chi connectivity index (χ1n) is 8.41. The summed E-state index contributed by atoms with van der Waals surface area (Å²) >= 11 is 3.40. The molecule has 3 aromatic rings. The average molecular weight is 430 g/mol. The number of halogens is 1. The van der Waals surface area contributed by atoms with E-state index in [0.717, 1.165) is 21.5 Å². The maximum atomic E-state index is 12.6. The van der Waals surface area contributed by atoms with Crippen LogP contribution >= 0.6 is 15.9 Å². The summed E-state index contributed by atoms with van der Waals surface area (Å²) < 4.78 is 17.6. The Balaban J connectivity index is 1.62. The number of rotatable bonds is 7. The Morgan fingerprint density at radius 1 is 1.11 bits per heavy atom. The summed E-state index contributed by atoms with van der Waals surface area (Å²) in [6, 6.07) is 18.6. The minimum Gasteiger partial charge on any atom is -0.496 e. The van der Waals surface area contributed by atoms with E-state index in [1.807, 2.05) is 48.5 Å². The molecule has 1 amide bonds. The topological polar surface area (TPSA) is 51.9 Å². The molecule has 0 bridgehead atoms. The lowest BCUT2D eigenvalue weighted by atomic mass is 10.2. The molecule has 0 aliphatic rings. The van der Waals surface area contributed by atoms with E-state index < -0.39 is 0 Å². The third kappa shape index (κ3) is 4.92. The number of carbonyl (C=O) groups excluding carboxylic acids is 1. The molecule has 0 aliphatic carbocycles. The molecule has 0 saturated carbocycles. The lowest BCUT2D eigenvalue weighted by Gasteiger charge is -2.17. The van der Waals surface area contributed by atoms with E-state index in [4.69, 9.17) is 13.9 Å². The van der Waals surface area contributed by atoms with Gasteiger partial charge in [0.05, 0.1) is 7.11 Å². The highest BCUT2D eigenvalue weighted by Crippen LogP contribution is 2.21. The Labute approximate surface area is 166 Å². The van der Waals surface area contributed by atoms with E-state index in [0.29, 0.717) is 12.3 Å². The summed E-state index contributed by atoms with van der Waals surface area (Å²) in [5.74, 6) is 2.14. The zero-order valence-electron chi connectivity index (χ0n) is 15.1. The third-order valence-corrected chi connectivity index (χ3v) is 4.49. The maximum Gasteiger partial charge on any atom is 0.289 e. The van der Waals surface area contributed by atoms with Crippen LogP contribution in [0.25, 0.3) is 0 Å². The molecular weight excluding hydrogens is 410 g/mol. The number of benzene rings is 2. The molecule has 0 saturated heterocycles. The van der Waals surface area contributed by atoms with Gasteiger partial charge in [-0.2, -0.15) is 0 Å². The van der Waals surface area contributed by atoms with Crippen LogP contribution in [0.2, 0.25) is 0 Å². The molecule has 0 spiro atoms. The summed E-state index contributed by atoms with van der Waals surface area (Å²) in [4.78, 5) is 14.2. The van der Waals surface area contributed by atoms with Crippen molar-refractivity contribution in [3.8, 4) is 11.5 Å². The van der Waals surface area contributed by atoms with Crippen LogP contribution < -0.4 is 9.47 Å². The number of hydrogen-bond acceptors (Lipinski definition) is 4. The van der Waals surface area contributed by atoms with Gasteiger partial charge >= 0.3 is 0 Å². The summed E-state index contributed by atoms with van der Waals surface area (Å²) in [5, 5.41) is 0. The van der Waals surface area contributed by atoms with Crippen molar-refractivity contribution in [2.75, 3.05) is 14.2 Å². The van der Waals surface area contributed by atoms with Gasteiger partial charge in [0.25, 0.3) is 5.91 Å². The van der Waals surface area contributed by atoms with E-state index in [-0.39, 0.29) is 18.3 Å². The highest BCUT2D eigenvalue weighted by atomic mass is 79.9. The fourth-order valence-electron chi connectivity index (χ4n) is 2.63. The van der Waals surface area contributed by atoms with Crippen LogP contribution in [0, 0.1) is 0 Å². The van der Waals surface area contributed by atoms with Crippen molar-refractivity contribution in [1.29, 1.82) is 0 Å². The van der Waals surface area contributed by atoms with Crippen LogP contribution in [0.5, 0.6) is 11.5 Å². The first-order chi connectivity index (χ1) is 13.1. The van der Waals surface area contributed by atoms with Gasteiger partial charge in [-0.3, -0.25) is 4.79 Å². The number of nitrogens with zero attached hydrogens (tertiary/aromatic N) is 1. The number of hydrogen-bond donors (Lipinski definition) is 0. The Hall–Kier alpha value is -2.73. The Kier molecular flexibility index (Phi) is 6.19. The van der Waals surface area contributed by atoms with Crippen molar-refractivity contribution < 1.29 is 18.7 Å². The van der Waals surface area contributed by atoms with Crippen molar-refractivity contribution in [2.24, 2.45) is 0 Å². The van der Waals surface area contributed by atoms with Gasteiger partial charge in [0.1, 0.15) is 23.9 Å². The maximum absolute atomic E-state index is 12.6. The Morgan fingerprint density at radius 2 is 1.93 bits per heavy atom. The van der Waals surface area contributed by atoms with E-state index in [1.54, 1.807) is 31.2 Å². The molecule has 140 valence electrons. The van der Waals surface area contributed by atoms with Crippen LogP contribution in [-0.4, -0.2) is 25.0 Å². The molecule has 1 aromatic heterocycles. The first kappa shape index (κ1) is 19.0. The predicted molar refractivity (Wildman–Crippen MR) is 106 cm³/mol. The fraction of sp³-hybridized carbons (Fsp3) is 0.190. The van der Waals surface area contributed by atoms with Crippen LogP contribution in [-0.2, 0) is 13.2 Å². The second-order valence-corrected chi connectivity index (χ2v) is 6.90. The quantitative estimate of drug-likeness (QED) is 0.535. The van der Waals surface area contributed by atoms with Gasteiger partial charge in [-0.25, -0.2) is 0 Å². The molecule has 27 heavy (non-hydrogen) atoms. The smallest absolute Gasteiger partial charge is 0.289 e. The second-order valence-electron chi connectivity index (χ2n) is 5.99. The monoisotopic (exact) mass is 429 g/mol. The minimum atomic E-state index is -0.199. The number of para-hydroxylation sites is 1. The number of methoxy groups -OCH3 is 1. The molecule has 6 heteroatoms. The number of carbonyl (C=O) groups is 1. The Morgan fingerprint density at radius 3 is 2.70 bits per heavy atom. The lowest BCUT2D eigenvalue weighted by Crippen LogP contribution is -2.26. The van der Waals surface area contributed by atoms with Gasteiger partial charge in [0.2, 0.25) is 0 Å². The van der Waals surface area contributed by atoms with Gasteiger partial charge in [0, 0.05) is 23.6 Å². The fourth-order valence-corrected chi connectivity index (χ4v) is 3.01. The molecule has 3 rings (SSSR count). The molecule has 1 heterocycles. The first-order valence-corrected chi connectivity index (χ1v) is 9.20. The minimum absolute atomic E-state index is 0.199. The predicted octanol–water partition coefficient (Wildman–Crippen LogP) is 4.90. The van der Waals surface area contributed by atoms with Gasteiger partial charge in [-0.1, -0.05) is 40.2 Å². The second kappa shape index (κ2) is 8.77. The molecule has 0 atom stereocenters. The molecule has 0 aliphatic heterocycles. The molecular formula is C21H20BrNO4. The summed E-state index contributed by atoms with van der Waals surface area (Å²) in [6.07, 6.45) is 0. The van der Waals surface area contributed by atoms with Crippen molar-refractivity contribution in [1.82, 2.24) is 4.90 Å². The number of furan rings is 1. The van der Waals surface area contributed by atoms with Crippen LogP contribution in [0.3, 0.4) is 0 Å². The van der Waals surface area contributed by atoms with Crippen molar-refractivity contribution in [3.63, 3.8) is 0 Å². The van der Waals surface area contributed by atoms with Crippen molar-refractivity contribution >= 4 is 21.8 Å². The largest absolute Gasteiger partial charge is 0.496 e. The highest BCUT2D eigenvalue weighted by Gasteiger charge is 2.17. The number of ether oxygens (including phenoxy) is 2. The SMILES string of the molecule is COc1ccccc1CN(C)C(=O)c1ccc(COc2cccc(Br)c2)o1. The molecule has 0 fully saturated rings. The molecule has 2 aromatic carbocycles. The summed E-state index contributed by atoms with van der Waals surface area (Å²) in [7, 11) is 3.35. The van der Waals surface area contributed by atoms with E-state index in [9.17, 15) is 4.79 Å². The third-order valence-electron chi connectivity index (χ3n) is 4.00. The molecule has 0 radical (unpaired) electrons. The summed E-state index contributed by atoms with van der Waals surface area (Å²) in [6.45, 7) is 0.674.